The standard InChI is InChI=1S/C13H15NO2S/c1-9(8-12(17)13(15)16-2)7-10-3-5-11(14)6-4-10/h3-8,17H,14H2,1-2H3/b9-7+,12-8-. The van der Waals surface area contributed by atoms with E-state index in [9.17, 15) is 4.79 Å². The molecule has 0 aromatic heterocycles. The van der Waals surface area contributed by atoms with Gasteiger partial charge in [-0.1, -0.05) is 18.2 Å². The molecule has 0 unspecified atom stereocenters. The van der Waals surface area contributed by atoms with Crippen LogP contribution in [0.5, 0.6) is 0 Å². The van der Waals surface area contributed by atoms with Gasteiger partial charge in [-0.3, -0.25) is 0 Å². The van der Waals surface area contributed by atoms with Gasteiger partial charge in [0.2, 0.25) is 0 Å². The number of nitrogens with two attached hydrogens (primary N) is 1. The van der Waals surface area contributed by atoms with Crippen molar-refractivity contribution >= 4 is 30.4 Å². The van der Waals surface area contributed by atoms with E-state index < -0.39 is 5.97 Å². The molecule has 0 spiro atoms. The predicted octanol–water partition coefficient (Wildman–Crippen LogP) is 2.66. The van der Waals surface area contributed by atoms with Gasteiger partial charge < -0.3 is 10.5 Å². The quantitative estimate of drug-likeness (QED) is 0.285. The van der Waals surface area contributed by atoms with Crippen molar-refractivity contribution in [2.24, 2.45) is 0 Å². The lowest BCUT2D eigenvalue weighted by Gasteiger charge is -1.99. The van der Waals surface area contributed by atoms with Crippen molar-refractivity contribution in [1.82, 2.24) is 0 Å². The minimum absolute atomic E-state index is 0.275. The smallest absolute Gasteiger partial charge is 0.344 e. The molecule has 0 aliphatic carbocycles. The van der Waals surface area contributed by atoms with Gasteiger partial charge in [0.25, 0.3) is 0 Å². The zero-order chi connectivity index (χ0) is 12.8. The van der Waals surface area contributed by atoms with Crippen molar-refractivity contribution in [2.75, 3.05) is 12.8 Å². The number of rotatable bonds is 3. The highest BCUT2D eigenvalue weighted by Gasteiger charge is 2.03. The Morgan fingerprint density at radius 3 is 2.47 bits per heavy atom. The summed E-state index contributed by atoms with van der Waals surface area (Å²) in [5.41, 5.74) is 8.23. The molecule has 90 valence electrons. The molecular weight excluding hydrogens is 234 g/mol. The third kappa shape index (κ3) is 4.36. The molecule has 1 rings (SSSR count). The van der Waals surface area contributed by atoms with Gasteiger partial charge >= 0.3 is 5.97 Å². The van der Waals surface area contributed by atoms with Crippen molar-refractivity contribution in [3.8, 4) is 0 Å². The van der Waals surface area contributed by atoms with Crippen LogP contribution in [0.4, 0.5) is 5.69 Å². The van der Waals surface area contributed by atoms with Crippen LogP contribution in [-0.4, -0.2) is 13.1 Å². The molecule has 0 aliphatic rings. The number of methoxy groups -OCH3 is 1. The van der Waals surface area contributed by atoms with E-state index in [4.69, 9.17) is 5.73 Å². The number of ether oxygens (including phenoxy) is 1. The van der Waals surface area contributed by atoms with E-state index in [2.05, 4.69) is 17.4 Å². The number of nitrogen functional groups attached to an aromatic ring is 1. The molecule has 17 heavy (non-hydrogen) atoms. The SMILES string of the molecule is COC(=O)/C(S)=C/C(C)=C/c1ccc(N)cc1. The Labute approximate surface area is 106 Å². The predicted molar refractivity (Wildman–Crippen MR) is 73.6 cm³/mol. The van der Waals surface area contributed by atoms with Crippen molar-refractivity contribution in [1.29, 1.82) is 0 Å². The third-order valence-electron chi connectivity index (χ3n) is 2.09. The van der Waals surface area contributed by atoms with E-state index in [1.807, 2.05) is 37.3 Å². The number of carbonyl (C=O) groups excluding carboxylic acids is 1. The van der Waals surface area contributed by atoms with Crippen molar-refractivity contribution in [3.05, 3.63) is 46.4 Å². The molecule has 4 heteroatoms. The largest absolute Gasteiger partial charge is 0.465 e. The molecule has 3 nitrogen and oxygen atoms in total. The first-order valence-electron chi connectivity index (χ1n) is 5.05. The number of allylic oxidation sites excluding steroid dienone is 2. The van der Waals surface area contributed by atoms with Crippen molar-refractivity contribution in [3.63, 3.8) is 0 Å². The lowest BCUT2D eigenvalue weighted by atomic mass is 10.1. The normalized spacial score (nSPS) is 12.4. The van der Waals surface area contributed by atoms with Gasteiger partial charge in [0.05, 0.1) is 12.0 Å². The zero-order valence-electron chi connectivity index (χ0n) is 9.81. The Kier molecular flexibility index (Phi) is 4.84. The van der Waals surface area contributed by atoms with Gasteiger partial charge in [0.15, 0.2) is 0 Å². The minimum Gasteiger partial charge on any atom is -0.465 e. The van der Waals surface area contributed by atoms with E-state index in [1.54, 1.807) is 6.08 Å². The van der Waals surface area contributed by atoms with Gasteiger partial charge in [0.1, 0.15) is 0 Å². The van der Waals surface area contributed by atoms with Gasteiger partial charge in [-0.2, -0.15) is 0 Å². The summed E-state index contributed by atoms with van der Waals surface area (Å²) in [4.78, 5) is 11.4. The van der Waals surface area contributed by atoms with Gasteiger partial charge in [-0.25, -0.2) is 4.79 Å². The highest BCUT2D eigenvalue weighted by Crippen LogP contribution is 2.13. The summed E-state index contributed by atoms with van der Waals surface area (Å²) in [7, 11) is 1.32. The van der Waals surface area contributed by atoms with E-state index in [1.165, 1.54) is 7.11 Å². The summed E-state index contributed by atoms with van der Waals surface area (Å²) in [6, 6.07) is 7.46. The third-order valence-corrected chi connectivity index (χ3v) is 2.40. The molecule has 1 aromatic rings. The van der Waals surface area contributed by atoms with Crippen LogP contribution in [0, 0.1) is 0 Å². The van der Waals surface area contributed by atoms with Crippen LogP contribution in [0.1, 0.15) is 12.5 Å². The Bertz CT molecular complexity index is 461. The van der Waals surface area contributed by atoms with Gasteiger partial charge in [0, 0.05) is 5.69 Å². The van der Waals surface area contributed by atoms with E-state index in [0.717, 1.165) is 16.8 Å². The van der Waals surface area contributed by atoms with Crippen LogP contribution in [-0.2, 0) is 9.53 Å². The van der Waals surface area contributed by atoms with Gasteiger partial charge in [-0.15, -0.1) is 12.6 Å². The number of hydrogen-bond acceptors (Lipinski definition) is 4. The number of anilines is 1. The monoisotopic (exact) mass is 249 g/mol. The van der Waals surface area contributed by atoms with Crippen LogP contribution >= 0.6 is 12.6 Å². The first kappa shape index (κ1) is 13.4. The second kappa shape index (κ2) is 6.15. The fourth-order valence-electron chi connectivity index (χ4n) is 1.28. The lowest BCUT2D eigenvalue weighted by molar-refractivity contribution is -0.135. The first-order chi connectivity index (χ1) is 8.02. The summed E-state index contributed by atoms with van der Waals surface area (Å²) < 4.78 is 4.55. The van der Waals surface area contributed by atoms with Crippen LogP contribution in [0.3, 0.4) is 0 Å². The number of benzene rings is 1. The molecule has 0 aliphatic heterocycles. The highest BCUT2D eigenvalue weighted by atomic mass is 32.1. The maximum Gasteiger partial charge on any atom is 0.344 e. The van der Waals surface area contributed by atoms with Crippen LogP contribution < -0.4 is 5.73 Å². The molecule has 2 N–H and O–H groups in total. The minimum atomic E-state index is -0.446. The average Bonchev–Trinajstić information content (AvgIpc) is 2.30. The Morgan fingerprint density at radius 2 is 1.94 bits per heavy atom. The van der Waals surface area contributed by atoms with Crippen molar-refractivity contribution < 1.29 is 9.53 Å². The van der Waals surface area contributed by atoms with Crippen LogP contribution in [0.15, 0.2) is 40.8 Å². The molecule has 0 radical (unpaired) electrons. The van der Waals surface area contributed by atoms with E-state index in [-0.39, 0.29) is 4.91 Å². The van der Waals surface area contributed by atoms with E-state index >= 15 is 0 Å². The molecule has 0 saturated carbocycles. The van der Waals surface area contributed by atoms with Crippen LogP contribution in [0.2, 0.25) is 0 Å². The van der Waals surface area contributed by atoms with E-state index in [0.29, 0.717) is 0 Å². The maximum absolute atomic E-state index is 11.1. The fourth-order valence-corrected chi connectivity index (χ4v) is 1.57. The Balaban J connectivity index is 2.86. The number of carbonyl (C=O) groups is 1. The summed E-state index contributed by atoms with van der Waals surface area (Å²) in [6.45, 7) is 1.88. The van der Waals surface area contributed by atoms with Crippen LogP contribution in [0.25, 0.3) is 6.08 Å². The maximum atomic E-state index is 11.1. The van der Waals surface area contributed by atoms with Gasteiger partial charge in [-0.05, 0) is 36.3 Å². The zero-order valence-corrected chi connectivity index (χ0v) is 10.7. The summed E-state index contributed by atoms with van der Waals surface area (Å²) >= 11 is 4.05. The molecule has 0 heterocycles. The molecule has 0 fully saturated rings. The molecule has 1 aromatic carbocycles. The molecule has 0 saturated heterocycles. The number of esters is 1. The molecular formula is C13H15NO2S. The van der Waals surface area contributed by atoms with Crippen molar-refractivity contribution in [2.45, 2.75) is 6.92 Å². The number of hydrogen-bond donors (Lipinski definition) is 2. The summed E-state index contributed by atoms with van der Waals surface area (Å²) in [5.74, 6) is -0.446. The summed E-state index contributed by atoms with van der Waals surface area (Å²) in [6.07, 6.45) is 3.59. The molecule has 0 atom stereocenters. The first-order valence-corrected chi connectivity index (χ1v) is 5.50. The highest BCUT2D eigenvalue weighted by molar-refractivity contribution is 7.85. The Hall–Kier alpha value is -1.68. The average molecular weight is 249 g/mol. The molecule has 0 amide bonds. The number of thiol groups is 1. The lowest BCUT2D eigenvalue weighted by Crippen LogP contribution is -1.99. The topological polar surface area (TPSA) is 52.3 Å². The second-order valence-corrected chi connectivity index (χ2v) is 4.06. The fraction of sp³-hybridized carbons (Fsp3) is 0.154. The molecule has 0 bridgehead atoms. The summed E-state index contributed by atoms with van der Waals surface area (Å²) in [5, 5.41) is 0. The Morgan fingerprint density at radius 1 is 1.35 bits per heavy atom. The second-order valence-electron chi connectivity index (χ2n) is 3.58.